The van der Waals surface area contributed by atoms with Crippen molar-refractivity contribution in [2.75, 3.05) is 0 Å². The molecule has 1 aromatic carbocycles. The molecule has 2 heterocycles. The summed E-state index contributed by atoms with van der Waals surface area (Å²) in [5.41, 5.74) is 3.85. The van der Waals surface area contributed by atoms with E-state index in [-0.39, 0.29) is 5.41 Å². The molecular weight excluding hydrogens is 294 g/mol. The van der Waals surface area contributed by atoms with Gasteiger partial charge in [0.25, 0.3) is 0 Å². The molecule has 0 bridgehead atoms. The molecule has 3 aromatic rings. The molecule has 0 aliphatic rings. The van der Waals surface area contributed by atoms with Gasteiger partial charge in [0.15, 0.2) is 0 Å². The number of benzene rings is 1. The maximum Gasteiger partial charge on any atom is 0.352 e. The zero-order chi connectivity index (χ0) is 15.9. The molecule has 2 aromatic heterocycles. The fourth-order valence-electron chi connectivity index (χ4n) is 2.62. The molecule has 3 rings (SSSR count). The van der Waals surface area contributed by atoms with Crippen molar-refractivity contribution in [3.05, 3.63) is 58.6 Å². The van der Waals surface area contributed by atoms with Crippen molar-refractivity contribution in [3.8, 4) is 0 Å². The van der Waals surface area contributed by atoms with E-state index in [0.29, 0.717) is 12.2 Å². The topological polar surface area (TPSA) is 42.2 Å². The molecule has 4 heteroatoms. The predicted octanol–water partition coefficient (Wildman–Crippen LogP) is 4.75. The van der Waals surface area contributed by atoms with Crippen LogP contribution in [0.2, 0.25) is 0 Å². The van der Waals surface area contributed by atoms with Crippen LogP contribution in [0, 0.1) is 0 Å². The monoisotopic (exact) mass is 313 g/mol. The molecule has 0 saturated carbocycles. The van der Waals surface area contributed by atoms with Crippen LogP contribution in [0.3, 0.4) is 0 Å². The molecule has 0 aliphatic carbocycles. The number of thiophene rings is 1. The summed E-state index contributed by atoms with van der Waals surface area (Å²) >= 11 is 1.57. The third kappa shape index (κ3) is 2.66. The Bertz CT molecular complexity index is 819. The van der Waals surface area contributed by atoms with Crippen molar-refractivity contribution in [1.82, 2.24) is 4.57 Å². The Morgan fingerprint density at radius 3 is 2.45 bits per heavy atom. The van der Waals surface area contributed by atoms with Gasteiger partial charge in [-0.1, -0.05) is 45.0 Å². The first-order valence-corrected chi connectivity index (χ1v) is 8.13. The van der Waals surface area contributed by atoms with Gasteiger partial charge in [0.2, 0.25) is 0 Å². The number of aromatic nitrogens is 1. The van der Waals surface area contributed by atoms with Crippen LogP contribution >= 0.6 is 11.3 Å². The smallest absolute Gasteiger partial charge is 0.352 e. The normalized spacial score (nSPS) is 12.0. The molecule has 0 unspecified atom stereocenters. The van der Waals surface area contributed by atoms with Gasteiger partial charge in [-0.3, -0.25) is 0 Å². The van der Waals surface area contributed by atoms with Crippen molar-refractivity contribution >= 4 is 27.5 Å². The van der Waals surface area contributed by atoms with Crippen molar-refractivity contribution in [2.24, 2.45) is 0 Å². The van der Waals surface area contributed by atoms with Gasteiger partial charge in [-0.2, -0.15) is 0 Å². The van der Waals surface area contributed by atoms with E-state index in [2.05, 4.69) is 45.0 Å². The highest BCUT2D eigenvalue weighted by atomic mass is 32.1. The summed E-state index contributed by atoms with van der Waals surface area (Å²) < 4.78 is 2.89. The average Bonchev–Trinajstić information content (AvgIpc) is 3.01. The average molecular weight is 313 g/mol. The number of aromatic carboxylic acids is 1. The fraction of sp³-hybridized carbons (Fsp3) is 0.278. The van der Waals surface area contributed by atoms with Gasteiger partial charge >= 0.3 is 5.97 Å². The van der Waals surface area contributed by atoms with Crippen LogP contribution < -0.4 is 0 Å². The molecule has 22 heavy (non-hydrogen) atoms. The van der Waals surface area contributed by atoms with Crippen LogP contribution in [-0.2, 0) is 12.0 Å². The van der Waals surface area contributed by atoms with Gasteiger partial charge in [-0.05, 0) is 34.1 Å². The van der Waals surface area contributed by atoms with Gasteiger partial charge in [0.05, 0.1) is 10.2 Å². The summed E-state index contributed by atoms with van der Waals surface area (Å²) in [6.07, 6.45) is 0. The highest BCUT2D eigenvalue weighted by Crippen LogP contribution is 2.27. The standard InChI is InChI=1S/C18H19NO2S/c1-18(2,3)13-6-4-12(5-7-13)11-19-14-8-9-22-16(14)10-15(19)17(20)21/h4-10H,11H2,1-3H3,(H,20,21). The summed E-state index contributed by atoms with van der Waals surface area (Å²) in [6, 6.07) is 12.2. The summed E-state index contributed by atoms with van der Waals surface area (Å²) in [6.45, 7) is 7.13. The predicted molar refractivity (Wildman–Crippen MR) is 91.0 cm³/mol. The lowest BCUT2D eigenvalue weighted by molar-refractivity contribution is 0.0686. The van der Waals surface area contributed by atoms with Crippen LogP contribution in [0.25, 0.3) is 10.2 Å². The number of hydrogen-bond donors (Lipinski definition) is 1. The zero-order valence-electron chi connectivity index (χ0n) is 13.0. The van der Waals surface area contributed by atoms with Gasteiger partial charge in [0, 0.05) is 6.54 Å². The van der Waals surface area contributed by atoms with Crippen molar-refractivity contribution < 1.29 is 9.90 Å². The fourth-order valence-corrected chi connectivity index (χ4v) is 3.44. The molecule has 0 radical (unpaired) electrons. The summed E-state index contributed by atoms with van der Waals surface area (Å²) in [7, 11) is 0. The summed E-state index contributed by atoms with van der Waals surface area (Å²) in [4.78, 5) is 11.4. The van der Waals surface area contributed by atoms with Crippen LogP contribution in [-0.4, -0.2) is 15.6 Å². The number of carboxylic acid groups (broad SMARTS) is 1. The number of fused-ring (bicyclic) bond motifs is 1. The van der Waals surface area contributed by atoms with Crippen LogP contribution in [0.15, 0.2) is 41.8 Å². The molecule has 0 amide bonds. The molecule has 0 fully saturated rings. The van der Waals surface area contributed by atoms with Crippen molar-refractivity contribution in [1.29, 1.82) is 0 Å². The van der Waals surface area contributed by atoms with Crippen molar-refractivity contribution in [3.63, 3.8) is 0 Å². The van der Waals surface area contributed by atoms with E-state index >= 15 is 0 Å². The Labute approximate surface area is 133 Å². The SMILES string of the molecule is CC(C)(C)c1ccc(Cn2c(C(=O)O)cc3sccc32)cc1. The van der Waals surface area contributed by atoms with E-state index < -0.39 is 5.97 Å². The third-order valence-corrected chi connectivity index (χ3v) is 4.76. The second-order valence-electron chi connectivity index (χ2n) is 6.54. The molecule has 1 N–H and O–H groups in total. The Hall–Kier alpha value is -2.07. The lowest BCUT2D eigenvalue weighted by Crippen LogP contribution is -2.12. The van der Waals surface area contributed by atoms with E-state index in [1.165, 1.54) is 5.56 Å². The van der Waals surface area contributed by atoms with Crippen LogP contribution in [0.5, 0.6) is 0 Å². The first kappa shape index (κ1) is 14.9. The van der Waals surface area contributed by atoms with E-state index in [1.807, 2.05) is 16.0 Å². The Morgan fingerprint density at radius 2 is 1.86 bits per heavy atom. The molecular formula is C18H19NO2S. The minimum atomic E-state index is -0.880. The number of nitrogens with zero attached hydrogens (tertiary/aromatic N) is 1. The van der Waals surface area contributed by atoms with E-state index in [9.17, 15) is 9.90 Å². The van der Waals surface area contributed by atoms with Gasteiger partial charge in [-0.25, -0.2) is 4.79 Å². The minimum Gasteiger partial charge on any atom is -0.477 e. The minimum absolute atomic E-state index is 0.124. The van der Waals surface area contributed by atoms with Gasteiger partial charge in [0.1, 0.15) is 5.69 Å². The lowest BCUT2D eigenvalue weighted by Gasteiger charge is -2.19. The highest BCUT2D eigenvalue weighted by Gasteiger charge is 2.16. The van der Waals surface area contributed by atoms with Gasteiger partial charge < -0.3 is 9.67 Å². The molecule has 0 spiro atoms. The zero-order valence-corrected chi connectivity index (χ0v) is 13.8. The molecule has 114 valence electrons. The highest BCUT2D eigenvalue weighted by molar-refractivity contribution is 7.17. The Morgan fingerprint density at radius 1 is 1.18 bits per heavy atom. The van der Waals surface area contributed by atoms with Crippen LogP contribution in [0.4, 0.5) is 0 Å². The van der Waals surface area contributed by atoms with Crippen LogP contribution in [0.1, 0.15) is 42.4 Å². The molecule has 3 nitrogen and oxygen atoms in total. The largest absolute Gasteiger partial charge is 0.477 e. The Kier molecular flexibility index (Phi) is 3.57. The first-order chi connectivity index (χ1) is 10.4. The summed E-state index contributed by atoms with van der Waals surface area (Å²) in [5.74, 6) is -0.880. The Balaban J connectivity index is 1.97. The maximum atomic E-state index is 11.4. The second kappa shape index (κ2) is 5.29. The second-order valence-corrected chi connectivity index (χ2v) is 7.49. The third-order valence-electron chi connectivity index (χ3n) is 3.90. The van der Waals surface area contributed by atoms with E-state index in [1.54, 1.807) is 17.4 Å². The summed E-state index contributed by atoms with van der Waals surface area (Å²) in [5, 5.41) is 11.4. The first-order valence-electron chi connectivity index (χ1n) is 7.26. The quantitative estimate of drug-likeness (QED) is 0.758. The van der Waals surface area contributed by atoms with E-state index in [0.717, 1.165) is 15.8 Å². The maximum absolute atomic E-state index is 11.4. The number of hydrogen-bond acceptors (Lipinski definition) is 2. The number of carbonyl (C=O) groups is 1. The number of carboxylic acids is 1. The number of rotatable bonds is 3. The lowest BCUT2D eigenvalue weighted by atomic mass is 9.87. The van der Waals surface area contributed by atoms with Gasteiger partial charge in [-0.15, -0.1) is 11.3 Å². The molecule has 0 aliphatic heterocycles. The van der Waals surface area contributed by atoms with E-state index in [4.69, 9.17) is 0 Å². The van der Waals surface area contributed by atoms with Crippen molar-refractivity contribution in [2.45, 2.75) is 32.7 Å². The molecule has 0 saturated heterocycles. The molecule has 0 atom stereocenters.